The Labute approximate surface area is 145 Å². The molecule has 25 heavy (non-hydrogen) atoms. The molecule has 2 aromatic carbocycles. The van der Waals surface area contributed by atoms with Gasteiger partial charge in [0, 0.05) is 27.8 Å². The normalized spacial score (nSPS) is 11.2. The van der Waals surface area contributed by atoms with Crippen molar-refractivity contribution in [3.8, 4) is 0 Å². The Morgan fingerprint density at radius 3 is 2.48 bits per heavy atom. The Morgan fingerprint density at radius 1 is 0.920 bits per heavy atom. The van der Waals surface area contributed by atoms with Crippen LogP contribution in [0.3, 0.4) is 0 Å². The van der Waals surface area contributed by atoms with Crippen LogP contribution in [-0.4, -0.2) is 20.9 Å². The Kier molecular flexibility index (Phi) is 3.50. The average molecular weight is 330 g/mol. The van der Waals surface area contributed by atoms with Gasteiger partial charge in [-0.2, -0.15) is 0 Å². The van der Waals surface area contributed by atoms with Crippen molar-refractivity contribution in [2.24, 2.45) is 0 Å². The zero-order valence-electron chi connectivity index (χ0n) is 14.3. The second kappa shape index (κ2) is 5.70. The van der Waals surface area contributed by atoms with Crippen molar-refractivity contribution in [3.63, 3.8) is 0 Å². The van der Waals surface area contributed by atoms with Gasteiger partial charge in [-0.25, -0.2) is 9.97 Å². The lowest BCUT2D eigenvalue weighted by atomic mass is 10.1. The highest BCUT2D eigenvalue weighted by Gasteiger charge is 2.10. The fourth-order valence-corrected chi connectivity index (χ4v) is 2.93. The van der Waals surface area contributed by atoms with Gasteiger partial charge in [-0.3, -0.25) is 4.79 Å². The number of benzene rings is 2. The molecule has 124 valence electrons. The van der Waals surface area contributed by atoms with Crippen molar-refractivity contribution in [3.05, 3.63) is 65.1 Å². The predicted octanol–water partition coefficient (Wildman–Crippen LogP) is 4.29. The standard InChI is InChI=1S/C20H18N4O/c1-11-8-15-9-16(5-7-17(15)21-11)24-20(25)14-4-6-18-19(10-14)23-13(3)12(2)22-18/h4-10,21H,1-3H3,(H,24,25). The summed E-state index contributed by atoms with van der Waals surface area (Å²) < 4.78 is 0. The Bertz CT molecular complexity index is 1130. The monoisotopic (exact) mass is 330 g/mol. The maximum atomic E-state index is 12.6. The minimum Gasteiger partial charge on any atom is -0.359 e. The zero-order valence-corrected chi connectivity index (χ0v) is 14.3. The van der Waals surface area contributed by atoms with Crippen LogP contribution in [0.25, 0.3) is 21.9 Å². The number of rotatable bonds is 2. The molecule has 0 aliphatic carbocycles. The second-order valence-corrected chi connectivity index (χ2v) is 6.31. The van der Waals surface area contributed by atoms with Crippen LogP contribution >= 0.6 is 0 Å². The molecular formula is C20H18N4O. The first kappa shape index (κ1) is 15.3. The van der Waals surface area contributed by atoms with Crippen molar-refractivity contribution in [2.75, 3.05) is 5.32 Å². The van der Waals surface area contributed by atoms with Gasteiger partial charge in [0.1, 0.15) is 0 Å². The van der Waals surface area contributed by atoms with E-state index in [1.54, 1.807) is 12.1 Å². The van der Waals surface area contributed by atoms with Crippen LogP contribution in [0, 0.1) is 20.8 Å². The average Bonchev–Trinajstić information content (AvgIpc) is 2.94. The smallest absolute Gasteiger partial charge is 0.255 e. The first-order valence-corrected chi connectivity index (χ1v) is 8.15. The maximum absolute atomic E-state index is 12.6. The van der Waals surface area contributed by atoms with Crippen molar-refractivity contribution in [1.82, 2.24) is 15.0 Å². The fraction of sp³-hybridized carbons (Fsp3) is 0.150. The van der Waals surface area contributed by atoms with E-state index in [0.29, 0.717) is 5.56 Å². The maximum Gasteiger partial charge on any atom is 0.255 e. The van der Waals surface area contributed by atoms with Crippen molar-refractivity contribution < 1.29 is 4.79 Å². The highest BCUT2D eigenvalue weighted by atomic mass is 16.1. The van der Waals surface area contributed by atoms with Crippen LogP contribution in [0.1, 0.15) is 27.4 Å². The van der Waals surface area contributed by atoms with Gasteiger partial charge in [-0.1, -0.05) is 0 Å². The van der Waals surface area contributed by atoms with Gasteiger partial charge in [-0.05, 0) is 63.2 Å². The first-order valence-electron chi connectivity index (χ1n) is 8.15. The zero-order chi connectivity index (χ0) is 17.6. The van der Waals surface area contributed by atoms with E-state index in [1.165, 1.54) is 0 Å². The SMILES string of the molecule is Cc1cc2cc(NC(=O)c3ccc4nc(C)c(C)nc4c3)ccc2[nH]1. The van der Waals surface area contributed by atoms with Gasteiger partial charge in [-0.15, -0.1) is 0 Å². The summed E-state index contributed by atoms with van der Waals surface area (Å²) in [6, 6.07) is 13.3. The van der Waals surface area contributed by atoms with E-state index in [9.17, 15) is 4.79 Å². The molecule has 0 saturated heterocycles. The third kappa shape index (κ3) is 2.85. The van der Waals surface area contributed by atoms with Crippen molar-refractivity contribution >= 4 is 33.5 Å². The molecule has 1 amide bonds. The second-order valence-electron chi connectivity index (χ2n) is 6.31. The van der Waals surface area contributed by atoms with E-state index < -0.39 is 0 Å². The third-order valence-corrected chi connectivity index (χ3v) is 4.35. The quantitative estimate of drug-likeness (QED) is 0.576. The molecule has 0 fully saturated rings. The van der Waals surface area contributed by atoms with E-state index in [2.05, 4.69) is 26.3 Å². The molecule has 0 radical (unpaired) electrons. The number of amides is 1. The van der Waals surface area contributed by atoms with E-state index in [0.717, 1.165) is 44.7 Å². The number of hydrogen-bond donors (Lipinski definition) is 2. The van der Waals surface area contributed by atoms with Gasteiger partial charge < -0.3 is 10.3 Å². The number of aryl methyl sites for hydroxylation is 3. The number of aromatic amines is 1. The summed E-state index contributed by atoms with van der Waals surface area (Å²) in [6.45, 7) is 5.86. The predicted molar refractivity (Wildman–Crippen MR) is 100 cm³/mol. The highest BCUT2D eigenvalue weighted by Crippen LogP contribution is 2.21. The minimum absolute atomic E-state index is 0.159. The van der Waals surface area contributed by atoms with Gasteiger partial charge in [0.05, 0.1) is 22.4 Å². The van der Waals surface area contributed by atoms with Crippen LogP contribution in [0.15, 0.2) is 42.5 Å². The third-order valence-electron chi connectivity index (χ3n) is 4.35. The molecule has 0 unspecified atom stereocenters. The first-order chi connectivity index (χ1) is 12.0. The van der Waals surface area contributed by atoms with Crippen LogP contribution in [-0.2, 0) is 0 Å². The van der Waals surface area contributed by atoms with Gasteiger partial charge in [0.25, 0.3) is 5.91 Å². The molecule has 2 aromatic heterocycles. The molecule has 4 aromatic rings. The number of anilines is 1. The molecule has 0 aliphatic heterocycles. The van der Waals surface area contributed by atoms with E-state index in [-0.39, 0.29) is 5.91 Å². The van der Waals surface area contributed by atoms with E-state index >= 15 is 0 Å². The molecule has 2 N–H and O–H groups in total. The molecule has 2 heterocycles. The largest absolute Gasteiger partial charge is 0.359 e. The number of hydrogen-bond acceptors (Lipinski definition) is 3. The van der Waals surface area contributed by atoms with Crippen molar-refractivity contribution in [2.45, 2.75) is 20.8 Å². The van der Waals surface area contributed by atoms with Gasteiger partial charge in [0.15, 0.2) is 0 Å². The number of carbonyl (C=O) groups excluding carboxylic acids is 1. The molecule has 0 aliphatic rings. The number of H-pyrrole nitrogens is 1. The summed E-state index contributed by atoms with van der Waals surface area (Å²) in [5.74, 6) is -0.159. The molecule has 5 heteroatoms. The molecule has 5 nitrogen and oxygen atoms in total. The van der Waals surface area contributed by atoms with E-state index in [4.69, 9.17) is 0 Å². The van der Waals surface area contributed by atoms with Crippen LogP contribution < -0.4 is 5.32 Å². The molecule has 0 saturated carbocycles. The summed E-state index contributed by atoms with van der Waals surface area (Å²) in [7, 11) is 0. The van der Waals surface area contributed by atoms with Gasteiger partial charge in [0.2, 0.25) is 0 Å². The summed E-state index contributed by atoms with van der Waals surface area (Å²) >= 11 is 0. The summed E-state index contributed by atoms with van der Waals surface area (Å²) in [5, 5.41) is 4.02. The molecule has 0 bridgehead atoms. The number of carbonyl (C=O) groups is 1. The minimum atomic E-state index is -0.159. The molecule has 0 atom stereocenters. The van der Waals surface area contributed by atoms with Crippen molar-refractivity contribution in [1.29, 1.82) is 0 Å². The van der Waals surface area contributed by atoms with Crippen LogP contribution in [0.4, 0.5) is 5.69 Å². The lowest BCUT2D eigenvalue weighted by Gasteiger charge is -2.07. The van der Waals surface area contributed by atoms with Crippen LogP contribution in [0.2, 0.25) is 0 Å². The lowest BCUT2D eigenvalue weighted by Crippen LogP contribution is -2.12. The molecule has 4 rings (SSSR count). The summed E-state index contributed by atoms with van der Waals surface area (Å²) in [5.41, 5.74) is 6.78. The molecular weight excluding hydrogens is 312 g/mol. The number of nitrogens with zero attached hydrogens (tertiary/aromatic N) is 2. The Balaban J connectivity index is 1.65. The topological polar surface area (TPSA) is 70.7 Å². The fourth-order valence-electron chi connectivity index (χ4n) is 2.93. The highest BCUT2D eigenvalue weighted by molar-refractivity contribution is 6.06. The number of fused-ring (bicyclic) bond motifs is 2. The number of aromatic nitrogens is 3. The molecule has 0 spiro atoms. The van der Waals surface area contributed by atoms with E-state index in [1.807, 2.05) is 45.0 Å². The summed E-state index contributed by atoms with van der Waals surface area (Å²) in [6.07, 6.45) is 0. The lowest BCUT2D eigenvalue weighted by molar-refractivity contribution is 0.102. The van der Waals surface area contributed by atoms with Gasteiger partial charge >= 0.3 is 0 Å². The number of nitrogens with one attached hydrogen (secondary N) is 2. The Hall–Kier alpha value is -3.21. The summed E-state index contributed by atoms with van der Waals surface area (Å²) in [4.78, 5) is 24.9. The van der Waals surface area contributed by atoms with Crippen LogP contribution in [0.5, 0.6) is 0 Å². The Morgan fingerprint density at radius 2 is 1.68 bits per heavy atom.